The summed E-state index contributed by atoms with van der Waals surface area (Å²) in [6, 6.07) is 0.186. The molecule has 0 aliphatic carbocycles. The molecule has 0 aromatic carbocycles. The minimum absolute atomic E-state index is 0.186. The molecule has 92 valence electrons. The summed E-state index contributed by atoms with van der Waals surface area (Å²) in [4.78, 5) is 0. The van der Waals surface area contributed by atoms with E-state index >= 15 is 0 Å². The first-order chi connectivity index (χ1) is 6.81. The summed E-state index contributed by atoms with van der Waals surface area (Å²) in [5.74, 6) is 0.639. The summed E-state index contributed by atoms with van der Waals surface area (Å²) >= 11 is 0. The molecule has 0 amide bonds. The van der Waals surface area contributed by atoms with Crippen molar-refractivity contribution in [2.45, 2.75) is 58.7 Å². The maximum Gasteiger partial charge on any atom is 0.389 e. The van der Waals surface area contributed by atoms with Gasteiger partial charge in [0.25, 0.3) is 0 Å². The highest BCUT2D eigenvalue weighted by molar-refractivity contribution is 4.63. The second kappa shape index (κ2) is 7.09. The van der Waals surface area contributed by atoms with E-state index in [9.17, 15) is 13.2 Å². The molecular weight excluding hydrogens is 203 g/mol. The average molecular weight is 225 g/mol. The Kier molecular flexibility index (Phi) is 6.98. The van der Waals surface area contributed by atoms with Crippen LogP contribution in [0.1, 0.15) is 46.5 Å². The molecule has 0 aromatic rings. The Morgan fingerprint density at radius 1 is 1.07 bits per heavy atom. The molecule has 0 bridgehead atoms. The van der Waals surface area contributed by atoms with Gasteiger partial charge < -0.3 is 5.32 Å². The van der Waals surface area contributed by atoms with E-state index in [1.807, 2.05) is 6.92 Å². The van der Waals surface area contributed by atoms with E-state index in [4.69, 9.17) is 0 Å². The van der Waals surface area contributed by atoms with Gasteiger partial charge in [0.05, 0.1) is 0 Å². The molecular formula is C11H22F3N. The Morgan fingerprint density at radius 2 is 1.67 bits per heavy atom. The number of rotatable bonds is 7. The Hall–Kier alpha value is -0.250. The second-order valence-corrected chi connectivity index (χ2v) is 4.55. The fourth-order valence-corrected chi connectivity index (χ4v) is 1.33. The number of halogens is 3. The van der Waals surface area contributed by atoms with Crippen molar-refractivity contribution in [1.82, 2.24) is 5.32 Å². The summed E-state index contributed by atoms with van der Waals surface area (Å²) in [5, 5.41) is 3.23. The molecule has 1 N–H and O–H groups in total. The number of hydrogen-bond acceptors (Lipinski definition) is 1. The molecule has 0 aliphatic rings. The van der Waals surface area contributed by atoms with Gasteiger partial charge in [-0.05, 0) is 38.6 Å². The molecule has 0 aliphatic heterocycles. The van der Waals surface area contributed by atoms with Crippen molar-refractivity contribution in [1.29, 1.82) is 0 Å². The van der Waals surface area contributed by atoms with E-state index in [1.54, 1.807) is 0 Å². The summed E-state index contributed by atoms with van der Waals surface area (Å²) in [6.45, 7) is 7.10. The van der Waals surface area contributed by atoms with Crippen molar-refractivity contribution < 1.29 is 13.2 Å². The SMILES string of the molecule is CC(C)CCNC(C)CCCC(F)(F)F. The standard InChI is InChI=1S/C11H22F3N/c1-9(2)6-8-15-10(3)5-4-7-11(12,13)14/h9-10,15H,4-8H2,1-3H3. The average Bonchev–Trinajstić information content (AvgIpc) is 2.00. The fraction of sp³-hybridized carbons (Fsp3) is 1.00. The van der Waals surface area contributed by atoms with Gasteiger partial charge in [0.15, 0.2) is 0 Å². The Labute approximate surface area is 90.4 Å². The Morgan fingerprint density at radius 3 is 2.13 bits per heavy atom. The molecule has 15 heavy (non-hydrogen) atoms. The first kappa shape index (κ1) is 14.8. The fourth-order valence-electron chi connectivity index (χ4n) is 1.33. The second-order valence-electron chi connectivity index (χ2n) is 4.55. The van der Waals surface area contributed by atoms with Crippen LogP contribution in [0.2, 0.25) is 0 Å². The smallest absolute Gasteiger partial charge is 0.314 e. The predicted molar refractivity (Wildman–Crippen MR) is 56.8 cm³/mol. The lowest BCUT2D eigenvalue weighted by molar-refractivity contribution is -0.135. The highest BCUT2D eigenvalue weighted by Crippen LogP contribution is 2.22. The molecule has 0 saturated heterocycles. The molecule has 0 aromatic heterocycles. The van der Waals surface area contributed by atoms with Crippen LogP contribution in [0, 0.1) is 5.92 Å². The van der Waals surface area contributed by atoms with Gasteiger partial charge in [-0.3, -0.25) is 0 Å². The van der Waals surface area contributed by atoms with E-state index in [0.717, 1.165) is 13.0 Å². The van der Waals surface area contributed by atoms with Crippen molar-refractivity contribution in [2.75, 3.05) is 6.54 Å². The molecule has 0 spiro atoms. The van der Waals surface area contributed by atoms with Crippen LogP contribution in [-0.2, 0) is 0 Å². The molecule has 0 radical (unpaired) electrons. The van der Waals surface area contributed by atoms with Crippen LogP contribution in [0.15, 0.2) is 0 Å². The zero-order valence-corrected chi connectivity index (χ0v) is 9.82. The van der Waals surface area contributed by atoms with Crippen molar-refractivity contribution >= 4 is 0 Å². The van der Waals surface area contributed by atoms with Gasteiger partial charge in [0.2, 0.25) is 0 Å². The third-order valence-electron chi connectivity index (χ3n) is 2.31. The lowest BCUT2D eigenvalue weighted by Crippen LogP contribution is -2.28. The lowest BCUT2D eigenvalue weighted by atomic mass is 10.1. The minimum Gasteiger partial charge on any atom is -0.314 e. The van der Waals surface area contributed by atoms with Crippen LogP contribution in [0.4, 0.5) is 13.2 Å². The van der Waals surface area contributed by atoms with Crippen molar-refractivity contribution in [2.24, 2.45) is 5.92 Å². The van der Waals surface area contributed by atoms with Gasteiger partial charge in [-0.2, -0.15) is 13.2 Å². The van der Waals surface area contributed by atoms with Crippen molar-refractivity contribution in [3.8, 4) is 0 Å². The maximum atomic E-state index is 11.8. The van der Waals surface area contributed by atoms with E-state index in [1.165, 1.54) is 0 Å². The predicted octanol–water partition coefficient (Wildman–Crippen LogP) is 3.74. The summed E-state index contributed by atoms with van der Waals surface area (Å²) in [6.07, 6.45) is -2.78. The highest BCUT2D eigenvalue weighted by Gasteiger charge is 2.26. The molecule has 4 heteroatoms. The monoisotopic (exact) mass is 225 g/mol. The van der Waals surface area contributed by atoms with E-state index in [-0.39, 0.29) is 12.5 Å². The van der Waals surface area contributed by atoms with Gasteiger partial charge in [0, 0.05) is 12.5 Å². The van der Waals surface area contributed by atoms with Crippen molar-refractivity contribution in [3.05, 3.63) is 0 Å². The topological polar surface area (TPSA) is 12.0 Å². The number of nitrogens with one attached hydrogen (secondary N) is 1. The summed E-state index contributed by atoms with van der Waals surface area (Å²) in [5.41, 5.74) is 0. The van der Waals surface area contributed by atoms with Crippen molar-refractivity contribution in [3.63, 3.8) is 0 Å². The molecule has 1 atom stereocenters. The van der Waals surface area contributed by atoms with Gasteiger partial charge in [-0.25, -0.2) is 0 Å². The Bertz CT molecular complexity index is 154. The van der Waals surface area contributed by atoms with E-state index in [2.05, 4.69) is 19.2 Å². The lowest BCUT2D eigenvalue weighted by Gasteiger charge is -2.15. The number of alkyl halides is 3. The van der Waals surface area contributed by atoms with Crippen LogP contribution >= 0.6 is 0 Å². The van der Waals surface area contributed by atoms with Gasteiger partial charge in [-0.1, -0.05) is 13.8 Å². The minimum atomic E-state index is -4.00. The maximum absolute atomic E-state index is 11.8. The summed E-state index contributed by atoms with van der Waals surface area (Å²) in [7, 11) is 0. The molecule has 1 nitrogen and oxygen atoms in total. The zero-order chi connectivity index (χ0) is 11.9. The quantitative estimate of drug-likeness (QED) is 0.696. The highest BCUT2D eigenvalue weighted by atomic mass is 19.4. The van der Waals surface area contributed by atoms with E-state index < -0.39 is 12.6 Å². The number of hydrogen-bond donors (Lipinski definition) is 1. The normalized spacial score (nSPS) is 14.6. The summed E-state index contributed by atoms with van der Waals surface area (Å²) < 4.78 is 35.5. The van der Waals surface area contributed by atoms with Gasteiger partial charge in [0.1, 0.15) is 0 Å². The first-order valence-corrected chi connectivity index (χ1v) is 5.61. The van der Waals surface area contributed by atoms with Crippen LogP contribution in [-0.4, -0.2) is 18.8 Å². The molecule has 0 fully saturated rings. The van der Waals surface area contributed by atoms with Gasteiger partial charge >= 0.3 is 6.18 Å². The molecule has 1 unspecified atom stereocenters. The largest absolute Gasteiger partial charge is 0.389 e. The third kappa shape index (κ3) is 11.7. The molecule has 0 heterocycles. The van der Waals surface area contributed by atoms with Crippen LogP contribution in [0.25, 0.3) is 0 Å². The van der Waals surface area contributed by atoms with Crippen LogP contribution in [0.3, 0.4) is 0 Å². The van der Waals surface area contributed by atoms with Gasteiger partial charge in [-0.15, -0.1) is 0 Å². The van der Waals surface area contributed by atoms with E-state index in [0.29, 0.717) is 12.3 Å². The third-order valence-corrected chi connectivity index (χ3v) is 2.31. The molecule has 0 saturated carbocycles. The first-order valence-electron chi connectivity index (χ1n) is 5.61. The van der Waals surface area contributed by atoms with Crippen LogP contribution < -0.4 is 5.32 Å². The van der Waals surface area contributed by atoms with Crippen LogP contribution in [0.5, 0.6) is 0 Å². The zero-order valence-electron chi connectivity index (χ0n) is 9.82. The molecule has 0 rings (SSSR count). The Balaban J connectivity index is 3.37.